The number of nitrogens with zero attached hydrogens (tertiary/aromatic N) is 3. The van der Waals surface area contributed by atoms with Crippen LogP contribution < -0.4 is 0 Å². The summed E-state index contributed by atoms with van der Waals surface area (Å²) in [4.78, 5) is 4.28. The zero-order valence-electron chi connectivity index (χ0n) is 12.4. The molecule has 4 nitrogen and oxygen atoms in total. The van der Waals surface area contributed by atoms with Crippen molar-refractivity contribution in [2.45, 2.75) is 31.4 Å². The molecule has 2 aliphatic rings. The first-order chi connectivity index (χ1) is 10.7. The summed E-state index contributed by atoms with van der Waals surface area (Å²) < 4.78 is 4.02. The zero-order valence-corrected chi connectivity index (χ0v) is 13.2. The summed E-state index contributed by atoms with van der Waals surface area (Å²) >= 11 is 6.02. The molecular weight excluding hydrogens is 298 g/mol. The Morgan fingerprint density at radius 3 is 2.86 bits per heavy atom. The highest BCUT2D eigenvalue weighted by atomic mass is 35.5. The minimum Gasteiger partial charge on any atom is -0.393 e. The van der Waals surface area contributed by atoms with Gasteiger partial charge in [0.1, 0.15) is 0 Å². The monoisotopic (exact) mass is 317 g/mol. The van der Waals surface area contributed by atoms with Crippen molar-refractivity contribution in [3.63, 3.8) is 0 Å². The smallest absolute Gasteiger partial charge is 0.0956 e. The number of fused-ring (bicyclic) bond motifs is 3. The Balaban J connectivity index is 1.56. The van der Waals surface area contributed by atoms with Gasteiger partial charge < -0.3 is 9.67 Å². The van der Waals surface area contributed by atoms with Crippen LogP contribution in [0.3, 0.4) is 0 Å². The van der Waals surface area contributed by atoms with Gasteiger partial charge in [-0.3, -0.25) is 0 Å². The van der Waals surface area contributed by atoms with Crippen molar-refractivity contribution in [1.29, 1.82) is 0 Å². The summed E-state index contributed by atoms with van der Waals surface area (Å²) in [6.07, 6.45) is 6.18. The van der Waals surface area contributed by atoms with Gasteiger partial charge in [0.05, 0.1) is 30.4 Å². The third-order valence-corrected chi connectivity index (χ3v) is 5.43. The maximum absolute atomic E-state index is 10.7. The molecule has 0 radical (unpaired) electrons. The van der Waals surface area contributed by atoms with E-state index in [-0.39, 0.29) is 12.1 Å². The number of aromatic nitrogens is 2. The molecule has 1 fully saturated rings. The molecule has 5 heteroatoms. The van der Waals surface area contributed by atoms with E-state index in [9.17, 15) is 5.11 Å². The standard InChI is InChI=1S/C17H20ClN3O/c18-20-7-5-12(6-8-20)17(22)9-15-13-3-1-2-4-14(13)16-10-19-11-21(15)16/h1-4,10-12,15,17,22H,5-9H2. The summed E-state index contributed by atoms with van der Waals surface area (Å²) in [6, 6.07) is 8.63. The van der Waals surface area contributed by atoms with Gasteiger partial charge in [-0.25, -0.2) is 9.40 Å². The highest BCUT2D eigenvalue weighted by molar-refractivity contribution is 6.13. The maximum atomic E-state index is 10.7. The topological polar surface area (TPSA) is 41.3 Å². The van der Waals surface area contributed by atoms with Gasteiger partial charge in [-0.2, -0.15) is 0 Å². The van der Waals surface area contributed by atoms with Crippen LogP contribution in [0.2, 0.25) is 0 Å². The number of aliphatic hydroxyl groups is 1. The summed E-state index contributed by atoms with van der Waals surface area (Å²) in [7, 11) is 0. The van der Waals surface area contributed by atoms with E-state index in [0.717, 1.165) is 38.0 Å². The summed E-state index contributed by atoms with van der Waals surface area (Å²) in [5.41, 5.74) is 3.70. The molecule has 4 rings (SSSR count). The van der Waals surface area contributed by atoms with Crippen LogP contribution in [-0.2, 0) is 0 Å². The van der Waals surface area contributed by atoms with E-state index < -0.39 is 0 Å². The van der Waals surface area contributed by atoms with E-state index in [2.05, 4.69) is 33.8 Å². The first-order valence-electron chi connectivity index (χ1n) is 7.94. The fourth-order valence-electron chi connectivity index (χ4n) is 3.85. The van der Waals surface area contributed by atoms with Gasteiger partial charge in [-0.1, -0.05) is 24.3 Å². The zero-order chi connectivity index (χ0) is 15.1. The van der Waals surface area contributed by atoms with Crippen molar-refractivity contribution in [1.82, 2.24) is 14.0 Å². The molecule has 1 saturated heterocycles. The van der Waals surface area contributed by atoms with E-state index in [1.807, 2.05) is 16.9 Å². The average molecular weight is 318 g/mol. The third kappa shape index (κ3) is 2.35. The van der Waals surface area contributed by atoms with E-state index in [1.165, 1.54) is 11.1 Å². The van der Waals surface area contributed by atoms with Gasteiger partial charge in [-0.05, 0) is 42.5 Å². The van der Waals surface area contributed by atoms with E-state index in [0.29, 0.717) is 5.92 Å². The van der Waals surface area contributed by atoms with Gasteiger partial charge in [0.2, 0.25) is 0 Å². The number of halogens is 1. The Hall–Kier alpha value is -1.36. The van der Waals surface area contributed by atoms with Crippen molar-refractivity contribution in [2.24, 2.45) is 5.92 Å². The maximum Gasteiger partial charge on any atom is 0.0956 e. The van der Waals surface area contributed by atoms with Crippen LogP contribution in [-0.4, -0.2) is 38.3 Å². The molecule has 22 heavy (non-hydrogen) atoms. The number of aliphatic hydroxyl groups excluding tert-OH is 1. The predicted octanol–water partition coefficient (Wildman–Crippen LogP) is 3.07. The quantitative estimate of drug-likeness (QED) is 0.885. The predicted molar refractivity (Wildman–Crippen MR) is 86.6 cm³/mol. The average Bonchev–Trinajstić information content (AvgIpc) is 3.11. The number of imidazole rings is 1. The van der Waals surface area contributed by atoms with Crippen LogP contribution in [0.4, 0.5) is 0 Å². The molecule has 0 bridgehead atoms. The molecule has 0 aliphatic carbocycles. The molecule has 116 valence electrons. The summed E-state index contributed by atoms with van der Waals surface area (Å²) in [5, 5.41) is 10.7. The third-order valence-electron chi connectivity index (χ3n) is 5.09. The Morgan fingerprint density at radius 1 is 1.27 bits per heavy atom. The molecule has 2 aliphatic heterocycles. The molecule has 1 aromatic carbocycles. The number of rotatable bonds is 3. The van der Waals surface area contributed by atoms with Crippen LogP contribution >= 0.6 is 11.8 Å². The fourth-order valence-corrected chi connectivity index (χ4v) is 4.04. The highest BCUT2D eigenvalue weighted by Gasteiger charge is 2.33. The first-order valence-corrected chi connectivity index (χ1v) is 8.28. The molecule has 0 saturated carbocycles. The minimum absolute atomic E-state index is 0.192. The number of piperidine rings is 1. The Morgan fingerprint density at radius 2 is 2.05 bits per heavy atom. The molecule has 0 spiro atoms. The van der Waals surface area contributed by atoms with Crippen LogP contribution in [0.5, 0.6) is 0 Å². The molecule has 2 atom stereocenters. The van der Waals surface area contributed by atoms with Gasteiger partial charge in [-0.15, -0.1) is 0 Å². The van der Waals surface area contributed by atoms with E-state index in [4.69, 9.17) is 11.8 Å². The Kier molecular flexibility index (Phi) is 3.68. The second-order valence-corrected chi connectivity index (χ2v) is 6.82. The Bertz CT molecular complexity index is 663. The lowest BCUT2D eigenvalue weighted by Gasteiger charge is -2.31. The lowest BCUT2D eigenvalue weighted by atomic mass is 9.87. The first kappa shape index (κ1) is 14.2. The van der Waals surface area contributed by atoms with E-state index in [1.54, 1.807) is 0 Å². The summed E-state index contributed by atoms with van der Waals surface area (Å²) in [5.74, 6) is 0.342. The highest BCUT2D eigenvalue weighted by Crippen LogP contribution is 2.42. The molecular formula is C17H20ClN3O. The second-order valence-electron chi connectivity index (χ2n) is 6.34. The van der Waals surface area contributed by atoms with Crippen LogP contribution in [0.15, 0.2) is 36.8 Å². The van der Waals surface area contributed by atoms with Crippen molar-refractivity contribution >= 4 is 11.8 Å². The lowest BCUT2D eigenvalue weighted by Crippen LogP contribution is -2.34. The molecule has 1 N–H and O–H groups in total. The van der Waals surface area contributed by atoms with Crippen LogP contribution in [0, 0.1) is 5.92 Å². The van der Waals surface area contributed by atoms with Crippen LogP contribution in [0.1, 0.15) is 30.9 Å². The second kappa shape index (κ2) is 5.69. The molecule has 1 aromatic heterocycles. The molecule has 2 unspecified atom stereocenters. The normalized spacial score (nSPS) is 23.3. The van der Waals surface area contributed by atoms with E-state index >= 15 is 0 Å². The van der Waals surface area contributed by atoms with Crippen molar-refractivity contribution in [3.05, 3.63) is 42.4 Å². The van der Waals surface area contributed by atoms with Gasteiger partial charge in [0, 0.05) is 18.7 Å². The largest absolute Gasteiger partial charge is 0.393 e. The fraction of sp³-hybridized carbons (Fsp3) is 0.471. The van der Waals surface area contributed by atoms with Crippen molar-refractivity contribution in [2.75, 3.05) is 13.1 Å². The number of hydrogen-bond acceptors (Lipinski definition) is 3. The van der Waals surface area contributed by atoms with Gasteiger partial charge in [0.25, 0.3) is 0 Å². The molecule has 2 aromatic rings. The SMILES string of the molecule is OC(CC1c2ccccc2-c2cncn21)C1CCN(Cl)CC1. The minimum atomic E-state index is -0.295. The van der Waals surface area contributed by atoms with Crippen LogP contribution in [0.25, 0.3) is 11.3 Å². The summed E-state index contributed by atoms with van der Waals surface area (Å²) in [6.45, 7) is 1.72. The molecule has 0 amide bonds. The lowest BCUT2D eigenvalue weighted by molar-refractivity contribution is 0.0618. The van der Waals surface area contributed by atoms with Crippen molar-refractivity contribution < 1.29 is 5.11 Å². The number of hydrogen-bond donors (Lipinski definition) is 1. The Labute approximate surface area is 135 Å². The van der Waals surface area contributed by atoms with Gasteiger partial charge in [0.15, 0.2) is 0 Å². The number of benzene rings is 1. The molecule has 3 heterocycles. The van der Waals surface area contributed by atoms with Gasteiger partial charge >= 0.3 is 0 Å². The van der Waals surface area contributed by atoms with Crippen molar-refractivity contribution in [3.8, 4) is 11.3 Å².